The number of hydrogen-bond donors (Lipinski definition) is 0. The van der Waals surface area contributed by atoms with Gasteiger partial charge in [-0.3, -0.25) is 9.78 Å². The molecular weight excluding hydrogens is 396 g/mol. The highest BCUT2D eigenvalue weighted by molar-refractivity contribution is 5.93. The van der Waals surface area contributed by atoms with Gasteiger partial charge in [-0.25, -0.2) is 4.98 Å². The van der Waals surface area contributed by atoms with Crippen molar-refractivity contribution in [3.8, 4) is 0 Å². The Morgan fingerprint density at radius 2 is 1.91 bits per heavy atom. The molecule has 1 aromatic carbocycles. The number of amides is 1. The topological polar surface area (TPSA) is 50.5 Å². The minimum atomic E-state index is -0.0147. The fraction of sp³-hybridized carbons (Fsp3) is 0.296. The maximum atomic E-state index is 13.4. The maximum absolute atomic E-state index is 13.4. The zero-order chi connectivity index (χ0) is 22.2. The lowest BCUT2D eigenvalue weighted by Crippen LogP contribution is -2.31. The number of pyridine rings is 2. The summed E-state index contributed by atoms with van der Waals surface area (Å²) in [6.45, 7) is 6.91. The number of fused-ring (bicyclic) bond motifs is 1. The van der Waals surface area contributed by atoms with Crippen molar-refractivity contribution in [3.05, 3.63) is 100 Å². The SMILES string of the molecule is Cc1cccc(Cc2cc(C)nc(C3CCCN3C(=O)c3cn4cccc(C)c4n3)c2)c1. The van der Waals surface area contributed by atoms with Gasteiger partial charge in [0, 0.05) is 24.6 Å². The van der Waals surface area contributed by atoms with Crippen LogP contribution < -0.4 is 0 Å². The van der Waals surface area contributed by atoms with Crippen LogP contribution in [0.4, 0.5) is 0 Å². The van der Waals surface area contributed by atoms with E-state index in [-0.39, 0.29) is 11.9 Å². The predicted octanol–water partition coefficient (Wildman–Crippen LogP) is 5.22. The van der Waals surface area contributed by atoms with Gasteiger partial charge in [-0.05, 0) is 74.9 Å². The van der Waals surface area contributed by atoms with E-state index in [1.165, 1.54) is 16.7 Å². The van der Waals surface area contributed by atoms with Crippen LogP contribution >= 0.6 is 0 Å². The van der Waals surface area contributed by atoms with Crippen LogP contribution in [0.5, 0.6) is 0 Å². The molecule has 0 aliphatic carbocycles. The van der Waals surface area contributed by atoms with Crippen LogP contribution in [-0.2, 0) is 6.42 Å². The number of rotatable bonds is 4. The fourth-order valence-electron chi connectivity index (χ4n) is 4.82. The Bertz CT molecular complexity index is 1310. The lowest BCUT2D eigenvalue weighted by molar-refractivity contribution is 0.0727. The predicted molar refractivity (Wildman–Crippen MR) is 126 cm³/mol. The molecule has 5 rings (SSSR count). The fourth-order valence-corrected chi connectivity index (χ4v) is 4.82. The van der Waals surface area contributed by atoms with Gasteiger partial charge in [0.05, 0.1) is 11.7 Å². The van der Waals surface area contributed by atoms with Gasteiger partial charge in [0.15, 0.2) is 0 Å². The third-order valence-electron chi connectivity index (χ3n) is 6.28. The number of aryl methyl sites for hydroxylation is 3. The Morgan fingerprint density at radius 1 is 1.03 bits per heavy atom. The molecule has 0 N–H and O–H groups in total. The van der Waals surface area contributed by atoms with E-state index in [1.54, 1.807) is 0 Å². The van der Waals surface area contributed by atoms with Crippen molar-refractivity contribution >= 4 is 11.6 Å². The highest BCUT2D eigenvalue weighted by Crippen LogP contribution is 2.33. The third kappa shape index (κ3) is 3.91. The molecule has 0 spiro atoms. The average molecular weight is 425 g/mol. The average Bonchev–Trinajstić information content (AvgIpc) is 3.41. The quantitative estimate of drug-likeness (QED) is 0.451. The van der Waals surface area contributed by atoms with Gasteiger partial charge in [0.2, 0.25) is 0 Å². The highest BCUT2D eigenvalue weighted by Gasteiger charge is 2.33. The van der Waals surface area contributed by atoms with E-state index in [0.29, 0.717) is 5.69 Å². The molecular formula is C27H28N4O. The molecule has 5 nitrogen and oxygen atoms in total. The van der Waals surface area contributed by atoms with E-state index >= 15 is 0 Å². The van der Waals surface area contributed by atoms with E-state index in [0.717, 1.165) is 48.4 Å². The van der Waals surface area contributed by atoms with Crippen molar-refractivity contribution in [3.63, 3.8) is 0 Å². The summed E-state index contributed by atoms with van der Waals surface area (Å²) in [5.41, 5.74) is 8.17. The van der Waals surface area contributed by atoms with Gasteiger partial charge in [-0.15, -0.1) is 0 Å². The number of hydrogen-bond acceptors (Lipinski definition) is 3. The standard InChI is InChI=1S/C27H28N4O/c1-18-7-4-9-21(13-18)15-22-14-20(3)28-23(16-22)25-10-6-12-31(25)27(32)24-17-30-11-5-8-19(2)26(30)29-24/h4-5,7-9,11,13-14,16-17,25H,6,10,12,15H2,1-3H3. The first-order valence-electron chi connectivity index (χ1n) is 11.3. The highest BCUT2D eigenvalue weighted by atomic mass is 16.2. The zero-order valence-electron chi connectivity index (χ0n) is 18.9. The molecule has 3 aromatic heterocycles. The van der Waals surface area contributed by atoms with Crippen molar-refractivity contribution < 1.29 is 4.79 Å². The molecule has 1 aliphatic heterocycles. The van der Waals surface area contributed by atoms with Crippen molar-refractivity contribution in [1.29, 1.82) is 0 Å². The molecule has 1 aliphatic rings. The Kier molecular flexibility index (Phi) is 5.25. The Labute approximate surface area is 188 Å². The van der Waals surface area contributed by atoms with Crippen LogP contribution in [0, 0.1) is 20.8 Å². The summed E-state index contributed by atoms with van der Waals surface area (Å²) in [5, 5.41) is 0. The van der Waals surface area contributed by atoms with Crippen molar-refractivity contribution in [2.75, 3.05) is 6.54 Å². The third-order valence-corrected chi connectivity index (χ3v) is 6.28. The monoisotopic (exact) mass is 424 g/mol. The lowest BCUT2D eigenvalue weighted by atomic mass is 10.0. The zero-order valence-corrected chi connectivity index (χ0v) is 18.9. The number of aromatic nitrogens is 3. The normalized spacial score (nSPS) is 16.1. The summed E-state index contributed by atoms with van der Waals surface area (Å²) in [5.74, 6) is -0.0147. The van der Waals surface area contributed by atoms with Gasteiger partial charge in [-0.1, -0.05) is 35.9 Å². The number of likely N-dealkylation sites (tertiary alicyclic amines) is 1. The maximum Gasteiger partial charge on any atom is 0.274 e. The van der Waals surface area contributed by atoms with Gasteiger partial charge in [-0.2, -0.15) is 0 Å². The summed E-state index contributed by atoms with van der Waals surface area (Å²) >= 11 is 0. The number of carbonyl (C=O) groups is 1. The van der Waals surface area contributed by atoms with E-state index in [1.807, 2.05) is 47.7 Å². The molecule has 4 heterocycles. The number of benzene rings is 1. The smallest absolute Gasteiger partial charge is 0.274 e. The molecule has 0 saturated carbocycles. The van der Waals surface area contributed by atoms with Crippen LogP contribution in [0.25, 0.3) is 5.65 Å². The van der Waals surface area contributed by atoms with Crippen LogP contribution in [-0.4, -0.2) is 31.7 Å². The molecule has 0 radical (unpaired) electrons. The molecule has 1 saturated heterocycles. The minimum absolute atomic E-state index is 0.00966. The van der Waals surface area contributed by atoms with Gasteiger partial charge in [0.25, 0.3) is 5.91 Å². The van der Waals surface area contributed by atoms with Crippen molar-refractivity contribution in [2.45, 2.75) is 46.1 Å². The number of imidazole rings is 1. The molecule has 4 aromatic rings. The van der Waals surface area contributed by atoms with E-state index in [9.17, 15) is 4.79 Å². The molecule has 5 heteroatoms. The summed E-state index contributed by atoms with van der Waals surface area (Å²) in [6, 6.07) is 16.9. The first-order chi connectivity index (χ1) is 15.5. The van der Waals surface area contributed by atoms with Crippen LogP contribution in [0.3, 0.4) is 0 Å². The molecule has 1 atom stereocenters. The minimum Gasteiger partial charge on any atom is -0.329 e. The lowest BCUT2D eigenvalue weighted by Gasteiger charge is -2.24. The molecule has 1 amide bonds. The second-order valence-electron chi connectivity index (χ2n) is 8.91. The molecule has 1 fully saturated rings. The second kappa shape index (κ2) is 8.23. The van der Waals surface area contributed by atoms with Crippen LogP contribution in [0.1, 0.15) is 63.0 Å². The largest absolute Gasteiger partial charge is 0.329 e. The Balaban J connectivity index is 1.44. The summed E-state index contributed by atoms with van der Waals surface area (Å²) in [4.78, 5) is 24.9. The van der Waals surface area contributed by atoms with Crippen molar-refractivity contribution in [1.82, 2.24) is 19.3 Å². The Morgan fingerprint density at radius 3 is 2.72 bits per heavy atom. The number of nitrogens with zero attached hydrogens (tertiary/aromatic N) is 4. The summed E-state index contributed by atoms with van der Waals surface area (Å²) in [7, 11) is 0. The summed E-state index contributed by atoms with van der Waals surface area (Å²) < 4.78 is 1.93. The van der Waals surface area contributed by atoms with Crippen molar-refractivity contribution in [2.24, 2.45) is 0 Å². The molecule has 32 heavy (non-hydrogen) atoms. The van der Waals surface area contributed by atoms with E-state index < -0.39 is 0 Å². The van der Waals surface area contributed by atoms with E-state index in [2.05, 4.69) is 48.3 Å². The van der Waals surface area contributed by atoms with Crippen LogP contribution in [0.2, 0.25) is 0 Å². The van der Waals surface area contributed by atoms with Gasteiger partial charge >= 0.3 is 0 Å². The van der Waals surface area contributed by atoms with Gasteiger partial charge in [0.1, 0.15) is 11.3 Å². The Hall–Kier alpha value is -3.47. The second-order valence-corrected chi connectivity index (χ2v) is 8.91. The summed E-state index contributed by atoms with van der Waals surface area (Å²) in [6.07, 6.45) is 6.55. The molecule has 1 unspecified atom stereocenters. The van der Waals surface area contributed by atoms with Crippen LogP contribution in [0.15, 0.2) is 60.9 Å². The first-order valence-corrected chi connectivity index (χ1v) is 11.3. The van der Waals surface area contributed by atoms with E-state index in [4.69, 9.17) is 4.98 Å². The number of carbonyl (C=O) groups excluding carboxylic acids is 1. The van der Waals surface area contributed by atoms with Gasteiger partial charge < -0.3 is 9.30 Å². The molecule has 162 valence electrons. The molecule has 0 bridgehead atoms. The first kappa shape index (κ1) is 20.4.